The first-order chi connectivity index (χ1) is 9.67. The smallest absolute Gasteiger partial charge is 0.230 e. The molecule has 0 radical (unpaired) electrons. The van der Waals surface area contributed by atoms with Crippen LogP contribution >= 0.6 is 0 Å². The Morgan fingerprint density at radius 1 is 1.05 bits per heavy atom. The van der Waals surface area contributed by atoms with Gasteiger partial charge in [-0.05, 0) is 31.2 Å². The summed E-state index contributed by atoms with van der Waals surface area (Å²) in [7, 11) is 3.07. The first kappa shape index (κ1) is 13.9. The standard InChI is InChI=1S/C15H15NO4/c1-10(17)11-6-5-9-16-15(11)20-14-12(18-2)7-4-8-13(14)19-3/h4-9H,1-3H3. The van der Waals surface area contributed by atoms with Gasteiger partial charge in [-0.3, -0.25) is 4.79 Å². The fourth-order valence-electron chi connectivity index (χ4n) is 1.75. The number of ketones is 1. The summed E-state index contributed by atoms with van der Waals surface area (Å²) in [4.78, 5) is 15.7. The zero-order chi connectivity index (χ0) is 14.5. The Labute approximate surface area is 117 Å². The maximum absolute atomic E-state index is 11.6. The molecule has 0 amide bonds. The fourth-order valence-corrected chi connectivity index (χ4v) is 1.75. The minimum absolute atomic E-state index is 0.123. The lowest BCUT2D eigenvalue weighted by Crippen LogP contribution is -2.01. The van der Waals surface area contributed by atoms with E-state index in [1.165, 1.54) is 21.1 Å². The zero-order valence-corrected chi connectivity index (χ0v) is 11.5. The maximum Gasteiger partial charge on any atom is 0.230 e. The van der Waals surface area contributed by atoms with Crippen molar-refractivity contribution in [2.75, 3.05) is 14.2 Å². The van der Waals surface area contributed by atoms with Gasteiger partial charge in [0.15, 0.2) is 17.3 Å². The van der Waals surface area contributed by atoms with Gasteiger partial charge in [0.1, 0.15) is 0 Å². The van der Waals surface area contributed by atoms with Crippen molar-refractivity contribution in [1.29, 1.82) is 0 Å². The van der Waals surface area contributed by atoms with E-state index in [-0.39, 0.29) is 11.7 Å². The third kappa shape index (κ3) is 2.71. The van der Waals surface area contributed by atoms with Crippen molar-refractivity contribution < 1.29 is 19.0 Å². The predicted molar refractivity (Wildman–Crippen MR) is 73.9 cm³/mol. The van der Waals surface area contributed by atoms with Gasteiger partial charge < -0.3 is 14.2 Å². The average Bonchev–Trinajstić information content (AvgIpc) is 2.47. The lowest BCUT2D eigenvalue weighted by Gasteiger charge is -2.14. The van der Waals surface area contributed by atoms with Crippen LogP contribution in [0.25, 0.3) is 0 Å². The summed E-state index contributed by atoms with van der Waals surface area (Å²) in [6.45, 7) is 1.46. The molecule has 20 heavy (non-hydrogen) atoms. The van der Waals surface area contributed by atoms with Crippen molar-refractivity contribution in [2.45, 2.75) is 6.92 Å². The number of hydrogen-bond donors (Lipinski definition) is 0. The number of carbonyl (C=O) groups excluding carboxylic acids is 1. The molecule has 0 saturated heterocycles. The number of hydrogen-bond acceptors (Lipinski definition) is 5. The Hall–Kier alpha value is -2.56. The van der Waals surface area contributed by atoms with Gasteiger partial charge in [0, 0.05) is 6.20 Å². The third-order valence-electron chi connectivity index (χ3n) is 2.73. The van der Waals surface area contributed by atoms with E-state index in [9.17, 15) is 4.79 Å². The van der Waals surface area contributed by atoms with E-state index >= 15 is 0 Å². The van der Waals surface area contributed by atoms with Gasteiger partial charge in [-0.25, -0.2) is 4.98 Å². The lowest BCUT2D eigenvalue weighted by molar-refractivity contribution is 0.101. The van der Waals surface area contributed by atoms with Crippen LogP contribution in [0.2, 0.25) is 0 Å². The summed E-state index contributed by atoms with van der Waals surface area (Å²) in [5, 5.41) is 0. The Balaban J connectivity index is 2.47. The summed E-state index contributed by atoms with van der Waals surface area (Å²) in [5.41, 5.74) is 0.403. The molecule has 0 N–H and O–H groups in total. The van der Waals surface area contributed by atoms with Crippen LogP contribution in [0.4, 0.5) is 0 Å². The largest absolute Gasteiger partial charge is 0.493 e. The van der Waals surface area contributed by atoms with E-state index in [4.69, 9.17) is 14.2 Å². The number of pyridine rings is 1. The molecule has 0 bridgehead atoms. The minimum Gasteiger partial charge on any atom is -0.493 e. The number of Topliss-reactive ketones (excluding diaryl/α,β-unsaturated/α-hetero) is 1. The number of nitrogens with zero attached hydrogens (tertiary/aromatic N) is 1. The number of methoxy groups -OCH3 is 2. The molecule has 0 aliphatic carbocycles. The summed E-state index contributed by atoms with van der Waals surface area (Å²) >= 11 is 0. The molecule has 0 saturated carbocycles. The van der Waals surface area contributed by atoms with Crippen molar-refractivity contribution in [1.82, 2.24) is 4.98 Å². The number of carbonyl (C=O) groups is 1. The Bertz CT molecular complexity index is 603. The van der Waals surface area contributed by atoms with Gasteiger partial charge in [0.25, 0.3) is 0 Å². The molecule has 2 rings (SSSR count). The van der Waals surface area contributed by atoms with Crippen LogP contribution < -0.4 is 14.2 Å². The van der Waals surface area contributed by atoms with Crippen molar-refractivity contribution in [3.63, 3.8) is 0 Å². The van der Waals surface area contributed by atoms with Crippen molar-refractivity contribution >= 4 is 5.78 Å². The second-order valence-electron chi connectivity index (χ2n) is 4.01. The number of ether oxygens (including phenoxy) is 3. The fraction of sp³-hybridized carbons (Fsp3) is 0.200. The van der Waals surface area contributed by atoms with Crippen molar-refractivity contribution in [3.05, 3.63) is 42.1 Å². The molecule has 0 atom stereocenters. The van der Waals surface area contributed by atoms with Crippen LogP contribution in [-0.4, -0.2) is 25.0 Å². The Morgan fingerprint density at radius 2 is 1.70 bits per heavy atom. The highest BCUT2D eigenvalue weighted by molar-refractivity contribution is 5.96. The molecule has 1 heterocycles. The van der Waals surface area contributed by atoms with Gasteiger partial charge in [0.05, 0.1) is 19.8 Å². The van der Waals surface area contributed by atoms with E-state index in [0.717, 1.165) is 0 Å². The molecule has 0 unspecified atom stereocenters. The molecule has 5 nitrogen and oxygen atoms in total. The minimum atomic E-state index is -0.123. The molecule has 5 heteroatoms. The predicted octanol–water partition coefficient (Wildman–Crippen LogP) is 3.09. The molecule has 0 spiro atoms. The van der Waals surface area contributed by atoms with Crippen LogP contribution in [-0.2, 0) is 0 Å². The molecule has 1 aromatic heterocycles. The first-order valence-electron chi connectivity index (χ1n) is 6.02. The summed E-state index contributed by atoms with van der Waals surface area (Å²) in [6, 6.07) is 8.62. The molecule has 0 aliphatic heterocycles. The number of rotatable bonds is 5. The summed E-state index contributed by atoms with van der Waals surface area (Å²) < 4.78 is 16.2. The molecule has 1 aromatic carbocycles. The van der Waals surface area contributed by atoms with E-state index < -0.39 is 0 Å². The quantitative estimate of drug-likeness (QED) is 0.783. The van der Waals surface area contributed by atoms with Crippen molar-refractivity contribution in [3.8, 4) is 23.1 Å². The van der Waals surface area contributed by atoms with Crippen LogP contribution in [0, 0.1) is 0 Å². The first-order valence-corrected chi connectivity index (χ1v) is 6.02. The van der Waals surface area contributed by atoms with Gasteiger partial charge >= 0.3 is 0 Å². The molecular weight excluding hydrogens is 258 g/mol. The van der Waals surface area contributed by atoms with Crippen LogP contribution in [0.15, 0.2) is 36.5 Å². The molecule has 0 aliphatic rings. The van der Waals surface area contributed by atoms with E-state index in [2.05, 4.69) is 4.98 Å². The highest BCUT2D eigenvalue weighted by atomic mass is 16.5. The SMILES string of the molecule is COc1cccc(OC)c1Oc1ncccc1C(C)=O. The van der Waals surface area contributed by atoms with E-state index in [0.29, 0.717) is 22.8 Å². The van der Waals surface area contributed by atoms with Crippen LogP contribution in [0.5, 0.6) is 23.1 Å². The molecule has 0 fully saturated rings. The van der Waals surface area contributed by atoms with Crippen LogP contribution in [0.1, 0.15) is 17.3 Å². The van der Waals surface area contributed by atoms with Gasteiger partial charge in [0.2, 0.25) is 11.6 Å². The summed E-state index contributed by atoms with van der Waals surface area (Å²) in [6.07, 6.45) is 1.56. The maximum atomic E-state index is 11.6. The molecular formula is C15H15NO4. The lowest BCUT2D eigenvalue weighted by atomic mass is 10.2. The van der Waals surface area contributed by atoms with E-state index in [1.54, 1.807) is 36.5 Å². The van der Waals surface area contributed by atoms with Gasteiger partial charge in [-0.2, -0.15) is 0 Å². The number of aromatic nitrogens is 1. The topological polar surface area (TPSA) is 57.6 Å². The molecule has 2 aromatic rings. The Kier molecular flexibility index (Phi) is 4.20. The number of benzene rings is 1. The van der Waals surface area contributed by atoms with Gasteiger partial charge in [-0.1, -0.05) is 6.07 Å². The normalized spacial score (nSPS) is 9.95. The zero-order valence-electron chi connectivity index (χ0n) is 11.5. The number of para-hydroxylation sites is 1. The molecule has 104 valence electrons. The summed E-state index contributed by atoms with van der Waals surface area (Å²) in [5.74, 6) is 1.50. The van der Waals surface area contributed by atoms with Crippen LogP contribution in [0.3, 0.4) is 0 Å². The van der Waals surface area contributed by atoms with E-state index in [1.807, 2.05) is 0 Å². The second-order valence-corrected chi connectivity index (χ2v) is 4.01. The van der Waals surface area contributed by atoms with Crippen molar-refractivity contribution in [2.24, 2.45) is 0 Å². The monoisotopic (exact) mass is 273 g/mol. The second kappa shape index (κ2) is 6.06. The van der Waals surface area contributed by atoms with Gasteiger partial charge in [-0.15, -0.1) is 0 Å². The Morgan fingerprint density at radius 3 is 2.25 bits per heavy atom. The average molecular weight is 273 g/mol. The highest BCUT2D eigenvalue weighted by Crippen LogP contribution is 2.40. The third-order valence-corrected chi connectivity index (χ3v) is 2.73. The highest BCUT2D eigenvalue weighted by Gasteiger charge is 2.16.